The zero-order chi connectivity index (χ0) is 20.5. The van der Waals surface area contributed by atoms with Gasteiger partial charge in [-0.05, 0) is 19.1 Å². The third kappa shape index (κ3) is 4.09. The lowest BCUT2D eigenvalue weighted by molar-refractivity contribution is -0.116. The van der Waals surface area contributed by atoms with Crippen molar-refractivity contribution in [2.45, 2.75) is 20.0 Å². The van der Waals surface area contributed by atoms with Gasteiger partial charge in [-0.3, -0.25) is 28.8 Å². The molecule has 11 nitrogen and oxygen atoms in total. The molecule has 28 heavy (non-hydrogen) atoms. The minimum absolute atomic E-state index is 0.0000469. The Kier molecular flexibility index (Phi) is 5.29. The lowest BCUT2D eigenvalue weighted by Crippen LogP contribution is -2.41. The largest absolute Gasteiger partial charge is 0.331 e. The van der Waals surface area contributed by atoms with Gasteiger partial charge in [0.25, 0.3) is 5.56 Å². The van der Waals surface area contributed by atoms with Crippen LogP contribution in [0.15, 0.2) is 33.9 Å². The molecule has 0 atom stereocenters. The number of nitrogens with one attached hydrogen (secondary N) is 2. The van der Waals surface area contributed by atoms with Gasteiger partial charge in [-0.2, -0.15) is 0 Å². The molecule has 0 saturated heterocycles. The highest BCUT2D eigenvalue weighted by Crippen LogP contribution is 2.20. The minimum Gasteiger partial charge on any atom is -0.299 e. The van der Waals surface area contributed by atoms with Crippen molar-refractivity contribution in [2.24, 2.45) is 0 Å². The van der Waals surface area contributed by atoms with Gasteiger partial charge >= 0.3 is 5.69 Å². The van der Waals surface area contributed by atoms with Crippen LogP contribution in [0.3, 0.4) is 0 Å². The molecule has 13 heteroatoms. The Morgan fingerprint density at radius 3 is 2.50 bits per heavy atom. The van der Waals surface area contributed by atoms with Crippen LogP contribution in [-0.2, 0) is 27.9 Å². The maximum absolute atomic E-state index is 12.6. The molecule has 0 spiro atoms. The summed E-state index contributed by atoms with van der Waals surface area (Å²) < 4.78 is 26.8. The number of aromatic nitrogens is 4. The van der Waals surface area contributed by atoms with E-state index < -0.39 is 27.2 Å². The molecule has 0 aliphatic heterocycles. The van der Waals surface area contributed by atoms with Gasteiger partial charge in [0.15, 0.2) is 0 Å². The summed E-state index contributed by atoms with van der Waals surface area (Å²) in [6, 6.07) is 6.52. The van der Waals surface area contributed by atoms with E-state index in [1.54, 1.807) is 31.2 Å². The topological polar surface area (TPSA) is 145 Å². The van der Waals surface area contributed by atoms with Crippen molar-refractivity contribution in [1.82, 2.24) is 19.3 Å². The highest BCUT2D eigenvalue weighted by atomic mass is 32.2. The average molecular weight is 424 g/mol. The SMILES string of the molecule is CCn1c(=O)c2ccccc2n(CC(=O)Nc2nnc(NS(C)(=O)=O)s2)c1=O. The van der Waals surface area contributed by atoms with Crippen LogP contribution in [-0.4, -0.2) is 39.9 Å². The van der Waals surface area contributed by atoms with E-state index in [0.717, 1.165) is 22.2 Å². The van der Waals surface area contributed by atoms with E-state index in [1.807, 2.05) is 0 Å². The monoisotopic (exact) mass is 424 g/mol. The van der Waals surface area contributed by atoms with E-state index in [0.29, 0.717) is 10.9 Å². The van der Waals surface area contributed by atoms with Gasteiger partial charge in [0, 0.05) is 6.54 Å². The smallest absolute Gasteiger partial charge is 0.299 e. The minimum atomic E-state index is -3.52. The normalized spacial score (nSPS) is 11.5. The van der Waals surface area contributed by atoms with Crippen LogP contribution in [0, 0.1) is 0 Å². The molecule has 2 N–H and O–H groups in total. The van der Waals surface area contributed by atoms with Gasteiger partial charge in [-0.15, -0.1) is 10.2 Å². The van der Waals surface area contributed by atoms with Crippen LogP contribution in [0.5, 0.6) is 0 Å². The predicted octanol–water partition coefficient (Wildman–Crippen LogP) is 0.0448. The van der Waals surface area contributed by atoms with E-state index in [2.05, 4.69) is 20.2 Å². The van der Waals surface area contributed by atoms with Gasteiger partial charge in [0.05, 0.1) is 17.2 Å². The predicted molar refractivity (Wildman–Crippen MR) is 105 cm³/mol. The van der Waals surface area contributed by atoms with E-state index in [1.165, 1.54) is 4.57 Å². The zero-order valence-corrected chi connectivity index (χ0v) is 16.5. The number of para-hydroxylation sites is 1. The van der Waals surface area contributed by atoms with Gasteiger partial charge in [0.2, 0.25) is 26.2 Å². The van der Waals surface area contributed by atoms with Gasteiger partial charge < -0.3 is 0 Å². The standard InChI is InChI=1S/C15H16N6O5S2/c1-3-20-12(23)9-6-4-5-7-10(9)21(15(20)24)8-11(22)16-13-17-18-14(27-13)19-28(2,25)26/h4-7H,3,8H2,1-2H3,(H,18,19)(H,16,17,22). The lowest BCUT2D eigenvalue weighted by Gasteiger charge is -2.12. The number of hydrogen-bond acceptors (Lipinski definition) is 8. The zero-order valence-electron chi connectivity index (χ0n) is 14.9. The highest BCUT2D eigenvalue weighted by Gasteiger charge is 2.16. The van der Waals surface area contributed by atoms with E-state index in [9.17, 15) is 22.8 Å². The van der Waals surface area contributed by atoms with E-state index in [-0.39, 0.29) is 23.4 Å². The van der Waals surface area contributed by atoms with Crippen molar-refractivity contribution < 1.29 is 13.2 Å². The Balaban J connectivity index is 1.90. The van der Waals surface area contributed by atoms with Crippen LogP contribution < -0.4 is 21.3 Å². The first kappa shape index (κ1) is 19.7. The summed E-state index contributed by atoms with van der Waals surface area (Å²) in [7, 11) is -3.52. The summed E-state index contributed by atoms with van der Waals surface area (Å²) in [5.41, 5.74) is -0.674. The Morgan fingerprint density at radius 2 is 1.82 bits per heavy atom. The molecule has 148 valence electrons. The number of nitrogens with zero attached hydrogens (tertiary/aromatic N) is 4. The molecule has 0 saturated carbocycles. The number of anilines is 2. The molecule has 0 fully saturated rings. The average Bonchev–Trinajstić information content (AvgIpc) is 3.04. The quantitative estimate of drug-likeness (QED) is 0.568. The molecular weight excluding hydrogens is 408 g/mol. The Labute approximate surface area is 162 Å². The van der Waals surface area contributed by atoms with Crippen LogP contribution in [0.4, 0.5) is 10.3 Å². The first-order chi connectivity index (χ1) is 13.2. The molecule has 0 aliphatic carbocycles. The molecular formula is C15H16N6O5S2. The summed E-state index contributed by atoms with van der Waals surface area (Å²) in [5, 5.41) is 10.2. The molecule has 2 aromatic heterocycles. The highest BCUT2D eigenvalue weighted by molar-refractivity contribution is 7.92. The molecule has 0 radical (unpaired) electrons. The number of rotatable bonds is 6. The fourth-order valence-electron chi connectivity index (χ4n) is 2.58. The first-order valence-electron chi connectivity index (χ1n) is 8.03. The van der Waals surface area contributed by atoms with Crippen molar-refractivity contribution in [3.05, 3.63) is 45.1 Å². The molecule has 0 unspecified atom stereocenters. The first-order valence-corrected chi connectivity index (χ1v) is 10.7. The van der Waals surface area contributed by atoms with Crippen LogP contribution in [0.25, 0.3) is 10.9 Å². The maximum Gasteiger partial charge on any atom is 0.331 e. The van der Waals surface area contributed by atoms with E-state index in [4.69, 9.17) is 0 Å². The fourth-order valence-corrected chi connectivity index (χ4v) is 4.07. The second-order valence-corrected chi connectivity index (χ2v) is 8.50. The lowest BCUT2D eigenvalue weighted by atomic mass is 10.2. The van der Waals surface area contributed by atoms with Crippen molar-refractivity contribution in [3.63, 3.8) is 0 Å². The van der Waals surface area contributed by atoms with Crippen molar-refractivity contribution in [1.29, 1.82) is 0 Å². The summed E-state index contributed by atoms with van der Waals surface area (Å²) in [6.45, 7) is 1.48. The summed E-state index contributed by atoms with van der Waals surface area (Å²) in [5.74, 6) is -0.574. The molecule has 3 rings (SSSR count). The molecule has 0 bridgehead atoms. The summed E-state index contributed by atoms with van der Waals surface area (Å²) in [6.07, 6.45) is 0.965. The number of benzene rings is 1. The van der Waals surface area contributed by atoms with E-state index >= 15 is 0 Å². The third-order valence-electron chi connectivity index (χ3n) is 3.69. The number of sulfonamides is 1. The third-order valence-corrected chi connectivity index (χ3v) is 5.14. The summed E-state index contributed by atoms with van der Waals surface area (Å²) in [4.78, 5) is 37.4. The van der Waals surface area contributed by atoms with Crippen LogP contribution in [0.1, 0.15) is 6.92 Å². The maximum atomic E-state index is 12.6. The number of carbonyl (C=O) groups is 1. The fraction of sp³-hybridized carbons (Fsp3) is 0.267. The van der Waals surface area contributed by atoms with Crippen LogP contribution >= 0.6 is 11.3 Å². The molecule has 1 amide bonds. The number of carbonyl (C=O) groups excluding carboxylic acids is 1. The van der Waals surface area contributed by atoms with Crippen molar-refractivity contribution >= 4 is 48.4 Å². The van der Waals surface area contributed by atoms with Gasteiger partial charge in [-0.1, -0.05) is 23.5 Å². The Bertz CT molecular complexity index is 1270. The number of amides is 1. The molecule has 2 heterocycles. The Morgan fingerprint density at radius 1 is 1.14 bits per heavy atom. The second kappa shape index (κ2) is 7.52. The number of fused-ring (bicyclic) bond motifs is 1. The Hall–Kier alpha value is -3.06. The second-order valence-electron chi connectivity index (χ2n) is 5.77. The van der Waals surface area contributed by atoms with Crippen molar-refractivity contribution in [3.8, 4) is 0 Å². The van der Waals surface area contributed by atoms with Crippen molar-refractivity contribution in [2.75, 3.05) is 16.3 Å². The van der Waals surface area contributed by atoms with Crippen LogP contribution in [0.2, 0.25) is 0 Å². The van der Waals surface area contributed by atoms with Gasteiger partial charge in [0.1, 0.15) is 6.54 Å². The number of hydrogen-bond donors (Lipinski definition) is 2. The molecule has 0 aliphatic rings. The van der Waals surface area contributed by atoms with Gasteiger partial charge in [-0.25, -0.2) is 13.2 Å². The molecule has 1 aromatic carbocycles. The summed E-state index contributed by atoms with van der Waals surface area (Å²) >= 11 is 0.830. The molecule has 3 aromatic rings.